The number of ether oxygens (including phenoxy) is 2. The number of alkyl carbamates (subject to hydrolysis) is 1. The smallest absolute Gasteiger partial charge is 0.408 e. The van der Waals surface area contributed by atoms with E-state index in [1.165, 1.54) is 10.6 Å². The van der Waals surface area contributed by atoms with Gasteiger partial charge < -0.3 is 25.0 Å². The first-order valence-corrected chi connectivity index (χ1v) is 17.7. The minimum absolute atomic E-state index is 0.0211. The monoisotopic (exact) mass is 654 g/mol. The van der Waals surface area contributed by atoms with Crippen LogP contribution in [-0.4, -0.2) is 80.9 Å². The first-order valence-electron chi connectivity index (χ1n) is 15.9. The SMILES string of the molecule is CC(C)(C)OC(=O)NC(C)(C)C(=O)NC(CC1COc2ccccc2C1)C(=O)N1CCC2(CC1)CN(S(C)(=O)=O)c1ccccc12. The fraction of sp³-hybridized carbons (Fsp3) is 0.559. The van der Waals surface area contributed by atoms with Crippen LogP contribution in [0, 0.1) is 5.92 Å². The molecule has 46 heavy (non-hydrogen) atoms. The molecule has 0 saturated carbocycles. The molecule has 3 amide bonds. The molecule has 3 aliphatic rings. The van der Waals surface area contributed by atoms with Crippen LogP contribution in [0.5, 0.6) is 5.75 Å². The molecular weight excluding hydrogens is 608 g/mol. The van der Waals surface area contributed by atoms with E-state index in [0.717, 1.165) is 16.9 Å². The number of hydrogen-bond donors (Lipinski definition) is 2. The number of fused-ring (bicyclic) bond motifs is 3. The molecular formula is C34H46N4O7S. The van der Waals surface area contributed by atoms with Crippen LogP contribution in [0.15, 0.2) is 48.5 Å². The molecule has 2 N–H and O–H groups in total. The van der Waals surface area contributed by atoms with Gasteiger partial charge >= 0.3 is 6.09 Å². The zero-order valence-corrected chi connectivity index (χ0v) is 28.4. The summed E-state index contributed by atoms with van der Waals surface area (Å²) < 4.78 is 38.1. The maximum atomic E-state index is 14.2. The van der Waals surface area contributed by atoms with E-state index in [1.54, 1.807) is 39.5 Å². The van der Waals surface area contributed by atoms with Gasteiger partial charge in [0.1, 0.15) is 22.9 Å². The molecule has 1 fully saturated rings. The Bertz CT molecular complexity index is 1590. The zero-order valence-electron chi connectivity index (χ0n) is 27.6. The van der Waals surface area contributed by atoms with Crippen LogP contribution < -0.4 is 19.7 Å². The highest BCUT2D eigenvalue weighted by Gasteiger charge is 2.48. The zero-order chi connectivity index (χ0) is 33.5. The Morgan fingerprint density at radius 1 is 1.02 bits per heavy atom. The Balaban J connectivity index is 1.33. The van der Waals surface area contributed by atoms with Gasteiger partial charge in [-0.2, -0.15) is 0 Å². The number of nitrogens with zero attached hydrogens (tertiary/aromatic N) is 2. The second-order valence-corrected chi connectivity index (χ2v) is 16.3. The van der Waals surface area contributed by atoms with Crippen molar-refractivity contribution in [2.24, 2.45) is 5.92 Å². The number of rotatable bonds is 7. The second-order valence-electron chi connectivity index (χ2n) is 14.4. The van der Waals surface area contributed by atoms with E-state index >= 15 is 0 Å². The topological polar surface area (TPSA) is 134 Å². The Morgan fingerprint density at radius 2 is 1.67 bits per heavy atom. The highest BCUT2D eigenvalue weighted by molar-refractivity contribution is 7.92. The van der Waals surface area contributed by atoms with Crippen molar-refractivity contribution in [2.75, 3.05) is 36.8 Å². The van der Waals surface area contributed by atoms with E-state index in [9.17, 15) is 22.8 Å². The molecule has 2 aromatic carbocycles. The average Bonchev–Trinajstić information content (AvgIpc) is 3.30. The van der Waals surface area contributed by atoms with Crippen molar-refractivity contribution in [2.45, 2.75) is 82.9 Å². The largest absolute Gasteiger partial charge is 0.493 e. The number of sulfonamides is 1. The van der Waals surface area contributed by atoms with Crippen LogP contribution in [0.1, 0.15) is 65.0 Å². The van der Waals surface area contributed by atoms with Gasteiger partial charge in [0.2, 0.25) is 21.8 Å². The summed E-state index contributed by atoms with van der Waals surface area (Å²) in [5.74, 6) is 0.0964. The van der Waals surface area contributed by atoms with Crippen molar-refractivity contribution in [1.82, 2.24) is 15.5 Å². The lowest BCUT2D eigenvalue weighted by Crippen LogP contribution is -2.61. The van der Waals surface area contributed by atoms with Crippen LogP contribution in [0.25, 0.3) is 0 Å². The normalized spacial score (nSPS) is 19.8. The Kier molecular flexibility index (Phi) is 9.07. The number of hydrogen-bond acceptors (Lipinski definition) is 7. The lowest BCUT2D eigenvalue weighted by Gasteiger charge is -2.41. The predicted molar refractivity (Wildman–Crippen MR) is 175 cm³/mol. The molecule has 2 atom stereocenters. The van der Waals surface area contributed by atoms with Crippen LogP contribution in [0.2, 0.25) is 0 Å². The Labute approximate surface area is 272 Å². The number of piperidine rings is 1. The number of benzene rings is 2. The Hall–Kier alpha value is -3.80. The summed E-state index contributed by atoms with van der Waals surface area (Å²) in [4.78, 5) is 42.1. The predicted octanol–water partition coefficient (Wildman–Crippen LogP) is 3.76. The lowest BCUT2D eigenvalue weighted by molar-refractivity contribution is -0.139. The van der Waals surface area contributed by atoms with Crippen molar-refractivity contribution in [1.29, 1.82) is 0 Å². The standard InChI is InChI=1S/C34H46N4O7S/c1-32(2,3)45-31(41)36-33(4,5)30(40)35-26(20-23-19-24-11-7-10-14-28(24)44-21-23)29(39)37-17-15-34(16-18-37)22-38(46(6,42)43)27-13-9-8-12-25(27)34/h7-14,23,26H,15-22H2,1-6H3,(H,35,40)(H,36,41). The summed E-state index contributed by atoms with van der Waals surface area (Å²) in [7, 11) is -3.46. The number of carbonyl (C=O) groups is 3. The van der Waals surface area contributed by atoms with Gasteiger partial charge in [-0.1, -0.05) is 36.4 Å². The van der Waals surface area contributed by atoms with Gasteiger partial charge in [0.25, 0.3) is 0 Å². The molecule has 2 aromatic rings. The number of amides is 3. The van der Waals surface area contributed by atoms with Crippen LogP contribution in [0.4, 0.5) is 10.5 Å². The highest BCUT2D eigenvalue weighted by Crippen LogP contribution is 2.48. The minimum Gasteiger partial charge on any atom is -0.493 e. The van der Waals surface area contributed by atoms with Crippen molar-refractivity contribution < 1.29 is 32.3 Å². The molecule has 3 aliphatic heterocycles. The summed E-state index contributed by atoms with van der Waals surface area (Å²) in [6, 6.07) is 14.5. The Morgan fingerprint density at radius 3 is 2.35 bits per heavy atom. The van der Waals surface area contributed by atoms with Gasteiger partial charge in [-0.25, -0.2) is 13.2 Å². The van der Waals surface area contributed by atoms with E-state index in [-0.39, 0.29) is 11.8 Å². The van der Waals surface area contributed by atoms with Crippen LogP contribution >= 0.6 is 0 Å². The quantitative estimate of drug-likeness (QED) is 0.465. The van der Waals surface area contributed by atoms with Crippen molar-refractivity contribution in [3.63, 3.8) is 0 Å². The van der Waals surface area contributed by atoms with E-state index in [2.05, 4.69) is 10.6 Å². The summed E-state index contributed by atoms with van der Waals surface area (Å²) in [5, 5.41) is 5.59. The maximum Gasteiger partial charge on any atom is 0.408 e. The van der Waals surface area contributed by atoms with Gasteiger partial charge in [0.05, 0.1) is 18.6 Å². The van der Waals surface area contributed by atoms with E-state index in [4.69, 9.17) is 9.47 Å². The number of nitrogens with one attached hydrogen (secondary N) is 2. The third-order valence-corrected chi connectivity index (χ3v) is 10.3. The van der Waals surface area contributed by atoms with Crippen LogP contribution in [-0.2, 0) is 36.2 Å². The molecule has 1 spiro atoms. The molecule has 3 heterocycles. The molecule has 2 unspecified atom stereocenters. The molecule has 0 radical (unpaired) electrons. The molecule has 1 saturated heterocycles. The van der Waals surface area contributed by atoms with Crippen molar-refractivity contribution >= 4 is 33.6 Å². The molecule has 250 valence electrons. The van der Waals surface area contributed by atoms with Crippen LogP contribution in [0.3, 0.4) is 0 Å². The lowest BCUT2D eigenvalue weighted by atomic mass is 9.74. The fourth-order valence-corrected chi connectivity index (χ4v) is 7.73. The third kappa shape index (κ3) is 7.27. The summed E-state index contributed by atoms with van der Waals surface area (Å²) in [6.45, 7) is 9.96. The van der Waals surface area contributed by atoms with Gasteiger partial charge in [-0.3, -0.25) is 13.9 Å². The third-order valence-electron chi connectivity index (χ3n) is 9.13. The summed E-state index contributed by atoms with van der Waals surface area (Å²) in [6.07, 6.45) is 2.74. The van der Waals surface area contributed by atoms with Gasteiger partial charge in [0.15, 0.2) is 0 Å². The summed E-state index contributed by atoms with van der Waals surface area (Å²) in [5.41, 5.74) is 0.257. The first kappa shape index (κ1) is 33.6. The second kappa shape index (κ2) is 12.4. The van der Waals surface area contributed by atoms with Gasteiger partial charge in [-0.05, 0) is 89.5 Å². The molecule has 5 rings (SSSR count). The van der Waals surface area contributed by atoms with E-state index in [1.807, 2.05) is 48.5 Å². The first-order chi connectivity index (χ1) is 21.5. The van der Waals surface area contributed by atoms with Gasteiger partial charge in [0, 0.05) is 25.0 Å². The summed E-state index contributed by atoms with van der Waals surface area (Å²) >= 11 is 0. The van der Waals surface area contributed by atoms with E-state index in [0.29, 0.717) is 57.6 Å². The molecule has 0 aliphatic carbocycles. The highest BCUT2D eigenvalue weighted by atomic mass is 32.2. The average molecular weight is 655 g/mol. The van der Waals surface area contributed by atoms with Crippen molar-refractivity contribution in [3.05, 3.63) is 59.7 Å². The molecule has 0 aromatic heterocycles. The minimum atomic E-state index is -3.46. The fourth-order valence-electron chi connectivity index (χ4n) is 6.73. The van der Waals surface area contributed by atoms with Crippen molar-refractivity contribution in [3.8, 4) is 5.75 Å². The number of carbonyl (C=O) groups excluding carboxylic acids is 3. The maximum absolute atomic E-state index is 14.2. The number of anilines is 1. The van der Waals surface area contributed by atoms with E-state index < -0.39 is 44.6 Å². The molecule has 11 nitrogen and oxygen atoms in total. The number of para-hydroxylation sites is 2. The van der Waals surface area contributed by atoms with Gasteiger partial charge in [-0.15, -0.1) is 0 Å². The molecule has 0 bridgehead atoms. The number of likely N-dealkylation sites (tertiary alicyclic amines) is 1. The molecule has 12 heteroatoms.